The van der Waals surface area contributed by atoms with Gasteiger partial charge in [-0.2, -0.15) is 5.10 Å². The van der Waals surface area contributed by atoms with E-state index in [4.69, 9.17) is 4.74 Å². The van der Waals surface area contributed by atoms with E-state index < -0.39 is 0 Å². The van der Waals surface area contributed by atoms with Crippen LogP contribution in [0.25, 0.3) is 0 Å². The van der Waals surface area contributed by atoms with Crippen LogP contribution in [0.1, 0.15) is 17.0 Å². The fourth-order valence-electron chi connectivity index (χ4n) is 2.00. The van der Waals surface area contributed by atoms with E-state index in [1.165, 1.54) is 0 Å². The van der Waals surface area contributed by atoms with E-state index in [2.05, 4.69) is 20.4 Å². The molecule has 0 amide bonds. The highest BCUT2D eigenvalue weighted by Gasteiger charge is 2.12. The molecule has 2 rings (SSSR count). The minimum absolute atomic E-state index is 0.761. The van der Waals surface area contributed by atoms with E-state index in [1.54, 1.807) is 18.1 Å². The highest BCUT2D eigenvalue weighted by atomic mass is 16.5. The third kappa shape index (κ3) is 2.70. The number of aromatic amines is 1. The van der Waals surface area contributed by atoms with Gasteiger partial charge < -0.3 is 15.0 Å². The van der Waals surface area contributed by atoms with Crippen LogP contribution in [-0.2, 0) is 20.0 Å². The van der Waals surface area contributed by atoms with Crippen molar-refractivity contribution in [1.29, 1.82) is 0 Å². The normalized spacial score (nSPS) is 10.8. The predicted octanol–water partition coefficient (Wildman–Crippen LogP) is 0.793. The van der Waals surface area contributed by atoms with Crippen molar-refractivity contribution < 1.29 is 4.74 Å². The van der Waals surface area contributed by atoms with Crippen LogP contribution < -0.4 is 10.1 Å². The number of H-pyrrole nitrogens is 1. The topological polar surface area (TPSA) is 67.8 Å². The molecule has 0 saturated heterocycles. The van der Waals surface area contributed by atoms with E-state index in [0.29, 0.717) is 0 Å². The van der Waals surface area contributed by atoms with Gasteiger partial charge in [0.25, 0.3) is 0 Å². The maximum absolute atomic E-state index is 5.34. The molecular formula is C12H19N5O. The van der Waals surface area contributed by atoms with Gasteiger partial charge in [0.2, 0.25) is 5.88 Å². The average molecular weight is 249 g/mol. The third-order valence-corrected chi connectivity index (χ3v) is 2.91. The highest BCUT2D eigenvalue weighted by molar-refractivity contribution is 5.30. The number of rotatable bonds is 6. The first kappa shape index (κ1) is 12.6. The van der Waals surface area contributed by atoms with Crippen molar-refractivity contribution in [3.05, 3.63) is 29.5 Å². The van der Waals surface area contributed by atoms with E-state index in [9.17, 15) is 0 Å². The molecule has 0 radical (unpaired) electrons. The second-order valence-electron chi connectivity index (χ2n) is 4.20. The van der Waals surface area contributed by atoms with Gasteiger partial charge in [-0.15, -0.1) is 0 Å². The fraction of sp³-hybridized carbons (Fsp3) is 0.500. The summed E-state index contributed by atoms with van der Waals surface area (Å²) in [5.41, 5.74) is 3.25. The van der Waals surface area contributed by atoms with Gasteiger partial charge in [-0.1, -0.05) is 0 Å². The molecule has 0 aromatic carbocycles. The molecule has 0 aliphatic rings. The Morgan fingerprint density at radius 1 is 1.50 bits per heavy atom. The molecule has 6 nitrogen and oxygen atoms in total. The summed E-state index contributed by atoms with van der Waals surface area (Å²) in [5.74, 6) is 0.821. The van der Waals surface area contributed by atoms with Crippen LogP contribution in [0.4, 0.5) is 0 Å². The van der Waals surface area contributed by atoms with Crippen LogP contribution in [0, 0.1) is 6.92 Å². The van der Waals surface area contributed by atoms with Crippen molar-refractivity contribution in [2.24, 2.45) is 7.05 Å². The van der Waals surface area contributed by atoms with Crippen molar-refractivity contribution in [1.82, 2.24) is 25.1 Å². The SMILES string of the molecule is COc1c(CNCCc2cnc[nH]2)c(C)nn1C. The zero-order valence-corrected chi connectivity index (χ0v) is 11.0. The molecule has 2 aromatic heterocycles. The Morgan fingerprint density at radius 2 is 2.33 bits per heavy atom. The number of nitrogens with zero attached hydrogens (tertiary/aromatic N) is 3. The van der Waals surface area contributed by atoms with E-state index >= 15 is 0 Å². The lowest BCUT2D eigenvalue weighted by Crippen LogP contribution is -2.17. The van der Waals surface area contributed by atoms with Gasteiger partial charge in [0.1, 0.15) is 0 Å². The lowest BCUT2D eigenvalue weighted by Gasteiger charge is -2.06. The monoisotopic (exact) mass is 249 g/mol. The first-order valence-electron chi connectivity index (χ1n) is 5.96. The van der Waals surface area contributed by atoms with E-state index in [0.717, 1.165) is 42.3 Å². The van der Waals surface area contributed by atoms with Crippen LogP contribution in [0.2, 0.25) is 0 Å². The lowest BCUT2D eigenvalue weighted by molar-refractivity contribution is 0.368. The van der Waals surface area contributed by atoms with Crippen molar-refractivity contribution in [3.8, 4) is 5.88 Å². The number of hydrogen-bond donors (Lipinski definition) is 2. The van der Waals surface area contributed by atoms with Gasteiger partial charge in [0, 0.05) is 38.4 Å². The number of imidazole rings is 1. The summed E-state index contributed by atoms with van der Waals surface area (Å²) in [4.78, 5) is 7.07. The second kappa shape index (κ2) is 5.68. The van der Waals surface area contributed by atoms with Crippen LogP contribution >= 0.6 is 0 Å². The molecule has 0 unspecified atom stereocenters. The van der Waals surface area contributed by atoms with Crippen LogP contribution in [0.5, 0.6) is 5.88 Å². The summed E-state index contributed by atoms with van der Waals surface area (Å²) in [7, 11) is 3.56. The first-order chi connectivity index (χ1) is 8.72. The Bertz CT molecular complexity index is 489. The zero-order valence-electron chi connectivity index (χ0n) is 11.0. The zero-order chi connectivity index (χ0) is 13.0. The van der Waals surface area contributed by atoms with Crippen LogP contribution in [-0.4, -0.2) is 33.4 Å². The molecule has 2 heterocycles. The maximum Gasteiger partial charge on any atom is 0.216 e. The molecule has 2 aromatic rings. The summed E-state index contributed by atoms with van der Waals surface area (Å²) < 4.78 is 7.11. The van der Waals surface area contributed by atoms with Crippen molar-refractivity contribution in [2.75, 3.05) is 13.7 Å². The summed E-state index contributed by atoms with van der Waals surface area (Å²) >= 11 is 0. The van der Waals surface area contributed by atoms with E-state index in [-0.39, 0.29) is 0 Å². The Kier molecular flexibility index (Phi) is 3.99. The predicted molar refractivity (Wildman–Crippen MR) is 68.5 cm³/mol. The maximum atomic E-state index is 5.34. The summed E-state index contributed by atoms with van der Waals surface area (Å²) in [6.45, 7) is 3.64. The molecule has 0 aliphatic heterocycles. The lowest BCUT2D eigenvalue weighted by atomic mass is 10.2. The molecule has 0 bridgehead atoms. The summed E-state index contributed by atoms with van der Waals surface area (Å²) in [6, 6.07) is 0. The van der Waals surface area contributed by atoms with Gasteiger partial charge in [-0.05, 0) is 6.92 Å². The molecule has 0 saturated carbocycles. The Hall–Kier alpha value is -1.82. The fourth-order valence-corrected chi connectivity index (χ4v) is 2.00. The Morgan fingerprint density at radius 3 is 3.00 bits per heavy atom. The van der Waals surface area contributed by atoms with Gasteiger partial charge in [-0.3, -0.25) is 0 Å². The molecular weight excluding hydrogens is 230 g/mol. The number of hydrogen-bond acceptors (Lipinski definition) is 4. The molecule has 0 atom stereocenters. The second-order valence-corrected chi connectivity index (χ2v) is 4.20. The van der Waals surface area contributed by atoms with Gasteiger partial charge in [0.05, 0.1) is 24.7 Å². The molecule has 0 spiro atoms. The standard InChI is InChI=1S/C12H19N5O/c1-9-11(12(18-3)17(2)16-9)7-13-5-4-10-6-14-8-15-10/h6,8,13H,4-5,7H2,1-3H3,(H,14,15). The summed E-state index contributed by atoms with van der Waals surface area (Å²) in [6.07, 6.45) is 4.48. The summed E-state index contributed by atoms with van der Waals surface area (Å²) in [5, 5.41) is 7.73. The van der Waals surface area contributed by atoms with E-state index in [1.807, 2.05) is 20.2 Å². The molecule has 0 fully saturated rings. The Balaban J connectivity index is 1.86. The third-order valence-electron chi connectivity index (χ3n) is 2.91. The molecule has 98 valence electrons. The largest absolute Gasteiger partial charge is 0.481 e. The first-order valence-corrected chi connectivity index (χ1v) is 5.96. The molecule has 6 heteroatoms. The number of aryl methyl sites for hydroxylation is 2. The molecule has 18 heavy (non-hydrogen) atoms. The van der Waals surface area contributed by atoms with Crippen molar-refractivity contribution in [2.45, 2.75) is 19.9 Å². The van der Waals surface area contributed by atoms with Gasteiger partial charge >= 0.3 is 0 Å². The highest BCUT2D eigenvalue weighted by Crippen LogP contribution is 2.20. The quantitative estimate of drug-likeness (QED) is 0.743. The van der Waals surface area contributed by atoms with Crippen LogP contribution in [0.3, 0.4) is 0 Å². The minimum atomic E-state index is 0.761. The van der Waals surface area contributed by atoms with Crippen molar-refractivity contribution in [3.63, 3.8) is 0 Å². The number of ether oxygens (including phenoxy) is 1. The minimum Gasteiger partial charge on any atom is -0.481 e. The Labute approximate surface area is 106 Å². The number of aromatic nitrogens is 4. The van der Waals surface area contributed by atoms with Gasteiger partial charge in [-0.25, -0.2) is 9.67 Å². The average Bonchev–Trinajstić information content (AvgIpc) is 2.93. The smallest absolute Gasteiger partial charge is 0.216 e. The van der Waals surface area contributed by atoms with Crippen molar-refractivity contribution >= 4 is 0 Å². The molecule has 0 aliphatic carbocycles. The number of nitrogens with one attached hydrogen (secondary N) is 2. The molecule has 2 N–H and O–H groups in total. The van der Waals surface area contributed by atoms with Gasteiger partial charge in [0.15, 0.2) is 0 Å². The number of methoxy groups -OCH3 is 1. The van der Waals surface area contributed by atoms with Crippen LogP contribution in [0.15, 0.2) is 12.5 Å².